The highest BCUT2D eigenvalue weighted by Gasteiger charge is 2.22. The van der Waals surface area contributed by atoms with Crippen molar-refractivity contribution in [3.8, 4) is 0 Å². The molecule has 3 rings (SSSR count). The van der Waals surface area contributed by atoms with Gasteiger partial charge in [0.2, 0.25) is 0 Å². The Balaban J connectivity index is 1.85. The van der Waals surface area contributed by atoms with Gasteiger partial charge in [0.15, 0.2) is 5.82 Å². The maximum Gasteiger partial charge on any atom is 0.321 e. The van der Waals surface area contributed by atoms with Gasteiger partial charge in [-0.05, 0) is 24.6 Å². The Morgan fingerprint density at radius 1 is 1.08 bits per heavy atom. The van der Waals surface area contributed by atoms with Gasteiger partial charge in [-0.25, -0.2) is 9.78 Å². The molecule has 2 N–H and O–H groups in total. The lowest BCUT2D eigenvalue weighted by molar-refractivity contribution is 0.249. The smallest absolute Gasteiger partial charge is 0.321 e. The number of carbonyl (C=O) groups is 1. The molecule has 2 aromatic heterocycles. The maximum absolute atomic E-state index is 12.4. The minimum Gasteiger partial charge on any atom is -0.324 e. The van der Waals surface area contributed by atoms with Crippen molar-refractivity contribution in [2.24, 2.45) is 7.05 Å². The van der Waals surface area contributed by atoms with Gasteiger partial charge in [0.1, 0.15) is 17.7 Å². The maximum atomic E-state index is 12.4. The lowest BCUT2D eigenvalue weighted by atomic mass is 10.1. The van der Waals surface area contributed by atoms with Gasteiger partial charge in [-0.1, -0.05) is 36.4 Å². The molecular formula is C17H18N6O. The summed E-state index contributed by atoms with van der Waals surface area (Å²) in [5.41, 5.74) is 0.921. The van der Waals surface area contributed by atoms with Gasteiger partial charge < -0.3 is 9.88 Å². The van der Waals surface area contributed by atoms with Crippen LogP contribution in [0.15, 0.2) is 54.7 Å². The first-order chi connectivity index (χ1) is 11.6. The first-order valence-electron chi connectivity index (χ1n) is 7.54. The molecule has 122 valence electrons. The lowest BCUT2D eigenvalue weighted by Crippen LogP contribution is -2.34. The zero-order chi connectivity index (χ0) is 16.9. The number of hydrogen-bond donors (Lipinski definition) is 2. The van der Waals surface area contributed by atoms with Gasteiger partial charge in [0.05, 0.1) is 0 Å². The van der Waals surface area contributed by atoms with Crippen LogP contribution in [-0.2, 0) is 7.05 Å². The predicted octanol–water partition coefficient (Wildman–Crippen LogP) is 2.43. The second kappa shape index (κ2) is 6.91. The minimum absolute atomic E-state index is 0.358. The lowest BCUT2D eigenvalue weighted by Gasteiger charge is -2.19. The minimum atomic E-state index is -0.416. The molecule has 1 aromatic carbocycles. The molecule has 24 heavy (non-hydrogen) atoms. The highest BCUT2D eigenvalue weighted by atomic mass is 16.2. The van der Waals surface area contributed by atoms with Crippen LogP contribution in [0.25, 0.3) is 0 Å². The summed E-state index contributed by atoms with van der Waals surface area (Å²) in [6.07, 6.45) is 1.62. The van der Waals surface area contributed by atoms with Crippen molar-refractivity contribution in [1.29, 1.82) is 0 Å². The van der Waals surface area contributed by atoms with Crippen LogP contribution in [-0.4, -0.2) is 25.8 Å². The van der Waals surface area contributed by atoms with E-state index in [9.17, 15) is 4.79 Å². The summed E-state index contributed by atoms with van der Waals surface area (Å²) in [5, 5.41) is 13.9. The number of nitrogens with zero attached hydrogens (tertiary/aromatic N) is 4. The topological polar surface area (TPSA) is 84.7 Å². The fourth-order valence-corrected chi connectivity index (χ4v) is 2.34. The Labute approximate surface area is 139 Å². The van der Waals surface area contributed by atoms with Crippen molar-refractivity contribution in [3.05, 3.63) is 71.9 Å². The molecule has 0 aliphatic rings. The fourth-order valence-electron chi connectivity index (χ4n) is 2.34. The molecule has 1 atom stereocenters. The summed E-state index contributed by atoms with van der Waals surface area (Å²) in [6.45, 7) is 1.87. The molecule has 0 bridgehead atoms. The van der Waals surface area contributed by atoms with Crippen LogP contribution in [0.1, 0.15) is 23.3 Å². The van der Waals surface area contributed by atoms with E-state index in [4.69, 9.17) is 0 Å². The van der Waals surface area contributed by atoms with Gasteiger partial charge in [0.25, 0.3) is 0 Å². The molecule has 0 saturated carbocycles. The number of aryl methyl sites for hydroxylation is 1. The summed E-state index contributed by atoms with van der Waals surface area (Å²) < 4.78 is 1.86. The number of amides is 2. The van der Waals surface area contributed by atoms with Crippen molar-refractivity contribution in [2.45, 2.75) is 13.0 Å². The Hall–Kier alpha value is -3.22. The molecule has 2 heterocycles. The van der Waals surface area contributed by atoms with Crippen LogP contribution in [0.2, 0.25) is 0 Å². The number of carbonyl (C=O) groups excluding carboxylic acids is 1. The third-order valence-corrected chi connectivity index (χ3v) is 3.70. The molecule has 2 amide bonds. The molecule has 0 aliphatic heterocycles. The zero-order valence-electron chi connectivity index (χ0n) is 13.5. The summed E-state index contributed by atoms with van der Waals surface area (Å²) in [5.74, 6) is 1.92. The summed E-state index contributed by atoms with van der Waals surface area (Å²) in [4.78, 5) is 16.5. The molecule has 0 aliphatic carbocycles. The van der Waals surface area contributed by atoms with Crippen LogP contribution in [0, 0.1) is 6.92 Å². The van der Waals surface area contributed by atoms with Crippen LogP contribution < -0.4 is 10.6 Å². The molecule has 0 radical (unpaired) electrons. The monoisotopic (exact) mass is 322 g/mol. The normalized spacial score (nSPS) is 11.8. The molecular weight excluding hydrogens is 304 g/mol. The van der Waals surface area contributed by atoms with Gasteiger partial charge >= 0.3 is 6.03 Å². The van der Waals surface area contributed by atoms with E-state index < -0.39 is 6.04 Å². The van der Waals surface area contributed by atoms with E-state index in [0.29, 0.717) is 11.6 Å². The Kier molecular flexibility index (Phi) is 4.51. The highest BCUT2D eigenvalue weighted by molar-refractivity contribution is 5.88. The van der Waals surface area contributed by atoms with Crippen molar-refractivity contribution in [2.75, 3.05) is 5.32 Å². The number of pyridine rings is 1. The fraction of sp³-hybridized carbons (Fsp3) is 0.176. The number of anilines is 1. The highest BCUT2D eigenvalue weighted by Crippen LogP contribution is 2.20. The molecule has 0 spiro atoms. The standard InChI is InChI=1S/C17H18N6O/c1-12-21-22-16(23(12)2)15(13-8-4-3-5-9-13)20-17(24)19-14-10-6-7-11-18-14/h3-11,15H,1-2H3,(H2,18,19,20,24)/t15-/m1/s1. The van der Waals surface area contributed by atoms with Crippen LogP contribution in [0.5, 0.6) is 0 Å². The van der Waals surface area contributed by atoms with Gasteiger partial charge in [-0.15, -0.1) is 10.2 Å². The van der Waals surface area contributed by atoms with E-state index in [1.807, 2.05) is 54.9 Å². The number of benzene rings is 1. The number of rotatable bonds is 4. The van der Waals surface area contributed by atoms with Gasteiger partial charge in [-0.3, -0.25) is 5.32 Å². The van der Waals surface area contributed by atoms with Crippen LogP contribution in [0.3, 0.4) is 0 Å². The van der Waals surface area contributed by atoms with Crippen LogP contribution >= 0.6 is 0 Å². The molecule has 0 fully saturated rings. The number of hydrogen-bond acceptors (Lipinski definition) is 4. The number of urea groups is 1. The Morgan fingerprint density at radius 2 is 1.83 bits per heavy atom. The Morgan fingerprint density at radius 3 is 2.46 bits per heavy atom. The Bertz CT molecular complexity index is 816. The quantitative estimate of drug-likeness (QED) is 0.772. The summed E-state index contributed by atoms with van der Waals surface area (Å²) in [7, 11) is 1.87. The first kappa shape index (κ1) is 15.7. The third kappa shape index (κ3) is 3.40. The largest absolute Gasteiger partial charge is 0.324 e. The SMILES string of the molecule is Cc1nnc([C@H](NC(=O)Nc2ccccn2)c2ccccc2)n1C. The number of nitrogens with one attached hydrogen (secondary N) is 2. The van der Waals surface area contributed by atoms with E-state index in [2.05, 4.69) is 25.8 Å². The molecule has 7 heteroatoms. The average molecular weight is 322 g/mol. The molecule has 0 unspecified atom stereocenters. The molecule has 0 saturated heterocycles. The van der Waals surface area contributed by atoms with Gasteiger partial charge in [-0.2, -0.15) is 0 Å². The van der Waals surface area contributed by atoms with Crippen molar-refractivity contribution in [3.63, 3.8) is 0 Å². The van der Waals surface area contributed by atoms with Crippen molar-refractivity contribution >= 4 is 11.8 Å². The predicted molar refractivity (Wildman–Crippen MR) is 90.4 cm³/mol. The van der Waals surface area contributed by atoms with E-state index >= 15 is 0 Å². The van der Waals surface area contributed by atoms with E-state index in [1.54, 1.807) is 18.3 Å². The van der Waals surface area contributed by atoms with Crippen molar-refractivity contribution in [1.82, 2.24) is 25.1 Å². The second-order valence-corrected chi connectivity index (χ2v) is 5.32. The second-order valence-electron chi connectivity index (χ2n) is 5.32. The molecule has 7 nitrogen and oxygen atoms in total. The van der Waals surface area contributed by atoms with Crippen molar-refractivity contribution < 1.29 is 4.79 Å². The molecule has 3 aromatic rings. The zero-order valence-corrected chi connectivity index (χ0v) is 13.5. The third-order valence-electron chi connectivity index (χ3n) is 3.70. The van der Waals surface area contributed by atoms with Crippen LogP contribution in [0.4, 0.5) is 10.6 Å². The average Bonchev–Trinajstić information content (AvgIpc) is 2.94. The van der Waals surface area contributed by atoms with E-state index in [-0.39, 0.29) is 6.03 Å². The number of aromatic nitrogens is 4. The van der Waals surface area contributed by atoms with E-state index in [1.165, 1.54) is 0 Å². The van der Waals surface area contributed by atoms with E-state index in [0.717, 1.165) is 11.4 Å². The summed E-state index contributed by atoms with van der Waals surface area (Å²) >= 11 is 0. The van der Waals surface area contributed by atoms with Gasteiger partial charge in [0, 0.05) is 13.2 Å². The summed E-state index contributed by atoms with van der Waals surface area (Å²) in [6, 6.07) is 14.2. The first-order valence-corrected chi connectivity index (χ1v) is 7.54.